The number of aromatic nitrogens is 3. The molecule has 1 aromatic carbocycles. The van der Waals surface area contributed by atoms with Gasteiger partial charge in [-0.3, -0.25) is 4.57 Å². The molecule has 0 radical (unpaired) electrons. The van der Waals surface area contributed by atoms with Gasteiger partial charge >= 0.3 is 0 Å². The van der Waals surface area contributed by atoms with Crippen molar-refractivity contribution in [1.29, 1.82) is 0 Å². The summed E-state index contributed by atoms with van der Waals surface area (Å²) < 4.78 is 7.13. The molecular formula is C13H17ClN4O. The van der Waals surface area contributed by atoms with Crippen LogP contribution in [0.4, 0.5) is 0 Å². The second-order valence-electron chi connectivity index (χ2n) is 4.09. The summed E-state index contributed by atoms with van der Waals surface area (Å²) >= 11 is 5.92. The first-order valence-electron chi connectivity index (χ1n) is 6.13. The van der Waals surface area contributed by atoms with E-state index in [-0.39, 0.29) is 0 Å². The summed E-state index contributed by atoms with van der Waals surface area (Å²) in [5.41, 5.74) is 6.52. The van der Waals surface area contributed by atoms with Crippen molar-refractivity contribution in [2.75, 3.05) is 13.7 Å². The normalized spacial score (nSPS) is 10.7. The van der Waals surface area contributed by atoms with Crippen LogP contribution in [0.15, 0.2) is 24.3 Å². The zero-order chi connectivity index (χ0) is 13.7. The van der Waals surface area contributed by atoms with Crippen molar-refractivity contribution in [3.8, 4) is 11.4 Å². The fraction of sp³-hybridized carbons (Fsp3) is 0.385. The Labute approximate surface area is 117 Å². The lowest BCUT2D eigenvalue weighted by Gasteiger charge is -2.09. The summed E-state index contributed by atoms with van der Waals surface area (Å²) in [6.07, 6.45) is 1.66. The van der Waals surface area contributed by atoms with Gasteiger partial charge in [0.05, 0.1) is 13.0 Å². The van der Waals surface area contributed by atoms with E-state index in [0.717, 1.165) is 35.9 Å². The number of ether oxygens (including phenoxy) is 1. The first kappa shape index (κ1) is 13.8. The minimum atomic E-state index is 0.321. The smallest absolute Gasteiger partial charge is 0.152 e. The summed E-state index contributed by atoms with van der Waals surface area (Å²) in [7, 11) is 1.64. The zero-order valence-electron chi connectivity index (χ0n) is 10.8. The van der Waals surface area contributed by atoms with E-state index in [1.807, 2.05) is 28.8 Å². The molecule has 0 unspecified atom stereocenters. The molecule has 0 saturated heterocycles. The van der Waals surface area contributed by atoms with Crippen LogP contribution < -0.4 is 10.5 Å². The maximum absolute atomic E-state index is 5.92. The third kappa shape index (κ3) is 3.05. The highest BCUT2D eigenvalue weighted by Gasteiger charge is 2.12. The molecule has 2 aromatic rings. The number of nitrogens with zero attached hydrogens (tertiary/aromatic N) is 3. The topological polar surface area (TPSA) is 66.0 Å². The molecule has 0 aliphatic carbocycles. The fourth-order valence-corrected chi connectivity index (χ4v) is 2.06. The highest BCUT2D eigenvalue weighted by atomic mass is 35.5. The molecule has 0 saturated carbocycles. The van der Waals surface area contributed by atoms with Gasteiger partial charge in [-0.2, -0.15) is 0 Å². The van der Waals surface area contributed by atoms with Crippen molar-refractivity contribution >= 4 is 11.6 Å². The summed E-state index contributed by atoms with van der Waals surface area (Å²) in [6.45, 7) is 0.631. The molecule has 1 heterocycles. The number of hydrogen-bond acceptors (Lipinski definition) is 4. The van der Waals surface area contributed by atoms with Gasteiger partial charge in [0.2, 0.25) is 0 Å². The van der Waals surface area contributed by atoms with Crippen LogP contribution in [0.2, 0.25) is 0 Å². The van der Waals surface area contributed by atoms with Crippen LogP contribution in [0.1, 0.15) is 18.1 Å². The van der Waals surface area contributed by atoms with Gasteiger partial charge in [0.25, 0.3) is 0 Å². The summed E-state index contributed by atoms with van der Waals surface area (Å²) in [5, 5.41) is 8.30. The largest absolute Gasteiger partial charge is 0.497 e. The lowest BCUT2D eigenvalue weighted by atomic mass is 10.2. The second-order valence-corrected chi connectivity index (χ2v) is 4.36. The molecule has 0 amide bonds. The number of rotatable bonds is 6. The standard InChI is InChI=1S/C13H17ClN4O/c1-19-11-6-4-10(5-7-11)18-12(3-2-8-15)16-17-13(18)9-14/h4-7H,2-3,8-9,15H2,1H3. The van der Waals surface area contributed by atoms with Gasteiger partial charge in [0, 0.05) is 12.1 Å². The number of alkyl halides is 1. The molecule has 5 nitrogen and oxygen atoms in total. The number of methoxy groups -OCH3 is 1. The van der Waals surface area contributed by atoms with Crippen LogP contribution in [0.5, 0.6) is 5.75 Å². The maximum atomic E-state index is 5.92. The lowest BCUT2D eigenvalue weighted by molar-refractivity contribution is 0.414. The summed E-state index contributed by atoms with van der Waals surface area (Å²) in [6, 6.07) is 7.73. The van der Waals surface area contributed by atoms with E-state index in [1.165, 1.54) is 0 Å². The number of halogens is 1. The van der Waals surface area contributed by atoms with Crippen molar-refractivity contribution in [2.45, 2.75) is 18.7 Å². The van der Waals surface area contributed by atoms with Gasteiger partial charge in [0.15, 0.2) is 5.82 Å². The molecule has 0 aliphatic rings. The Morgan fingerprint density at radius 1 is 1.21 bits per heavy atom. The predicted molar refractivity (Wildman–Crippen MR) is 74.8 cm³/mol. The van der Waals surface area contributed by atoms with Crippen molar-refractivity contribution in [3.05, 3.63) is 35.9 Å². The minimum Gasteiger partial charge on any atom is -0.497 e. The van der Waals surface area contributed by atoms with E-state index in [1.54, 1.807) is 7.11 Å². The Bertz CT molecular complexity index is 524. The van der Waals surface area contributed by atoms with Crippen molar-refractivity contribution in [3.63, 3.8) is 0 Å². The molecule has 2 rings (SSSR count). The van der Waals surface area contributed by atoms with Crippen molar-refractivity contribution < 1.29 is 4.74 Å². The predicted octanol–water partition coefficient (Wildman–Crippen LogP) is 1.91. The van der Waals surface area contributed by atoms with Gasteiger partial charge in [-0.25, -0.2) is 0 Å². The highest BCUT2D eigenvalue weighted by Crippen LogP contribution is 2.19. The highest BCUT2D eigenvalue weighted by molar-refractivity contribution is 6.16. The molecule has 6 heteroatoms. The molecule has 102 valence electrons. The van der Waals surface area contributed by atoms with Gasteiger partial charge in [-0.1, -0.05) is 0 Å². The van der Waals surface area contributed by atoms with E-state index in [9.17, 15) is 0 Å². The molecule has 0 bridgehead atoms. The first-order valence-corrected chi connectivity index (χ1v) is 6.67. The van der Waals surface area contributed by atoms with E-state index in [0.29, 0.717) is 12.4 Å². The quantitative estimate of drug-likeness (QED) is 0.821. The average molecular weight is 281 g/mol. The SMILES string of the molecule is COc1ccc(-n2c(CCl)nnc2CCCN)cc1. The fourth-order valence-electron chi connectivity index (χ4n) is 1.89. The molecule has 1 aromatic heterocycles. The van der Waals surface area contributed by atoms with Crippen LogP contribution in [0.3, 0.4) is 0 Å². The van der Waals surface area contributed by atoms with E-state index in [2.05, 4.69) is 10.2 Å². The number of aryl methyl sites for hydroxylation is 1. The van der Waals surface area contributed by atoms with Crippen LogP contribution in [0, 0.1) is 0 Å². The molecule has 0 spiro atoms. The van der Waals surface area contributed by atoms with Gasteiger partial charge in [-0.05, 0) is 37.2 Å². The van der Waals surface area contributed by atoms with Crippen LogP contribution in [-0.2, 0) is 12.3 Å². The summed E-state index contributed by atoms with van der Waals surface area (Å²) in [4.78, 5) is 0. The van der Waals surface area contributed by atoms with Crippen molar-refractivity contribution in [1.82, 2.24) is 14.8 Å². The van der Waals surface area contributed by atoms with Crippen LogP contribution >= 0.6 is 11.6 Å². The van der Waals surface area contributed by atoms with E-state index in [4.69, 9.17) is 22.1 Å². The molecule has 2 N–H and O–H groups in total. The Morgan fingerprint density at radius 2 is 1.89 bits per heavy atom. The third-order valence-corrected chi connectivity index (χ3v) is 3.09. The van der Waals surface area contributed by atoms with Crippen LogP contribution in [-0.4, -0.2) is 28.4 Å². The Morgan fingerprint density at radius 3 is 2.47 bits per heavy atom. The molecule has 0 aliphatic heterocycles. The zero-order valence-corrected chi connectivity index (χ0v) is 11.6. The van der Waals surface area contributed by atoms with Gasteiger partial charge in [0.1, 0.15) is 11.6 Å². The van der Waals surface area contributed by atoms with E-state index < -0.39 is 0 Å². The molecule has 0 fully saturated rings. The van der Waals surface area contributed by atoms with Gasteiger partial charge in [-0.15, -0.1) is 21.8 Å². The Hall–Kier alpha value is -1.59. The number of benzene rings is 1. The monoisotopic (exact) mass is 280 g/mol. The van der Waals surface area contributed by atoms with Crippen molar-refractivity contribution in [2.24, 2.45) is 5.73 Å². The number of hydrogen-bond donors (Lipinski definition) is 1. The maximum Gasteiger partial charge on any atom is 0.152 e. The average Bonchev–Trinajstić information content (AvgIpc) is 2.88. The first-order chi connectivity index (χ1) is 9.30. The molecular weight excluding hydrogens is 264 g/mol. The third-order valence-electron chi connectivity index (χ3n) is 2.85. The number of nitrogens with two attached hydrogens (primary N) is 1. The molecule has 19 heavy (non-hydrogen) atoms. The van der Waals surface area contributed by atoms with Crippen LogP contribution in [0.25, 0.3) is 5.69 Å². The molecule has 0 atom stereocenters. The summed E-state index contributed by atoms with van der Waals surface area (Å²) in [5.74, 6) is 2.75. The van der Waals surface area contributed by atoms with Gasteiger partial charge < -0.3 is 10.5 Å². The Kier molecular flexibility index (Phi) is 4.76. The Balaban J connectivity index is 2.36. The lowest BCUT2D eigenvalue weighted by Crippen LogP contribution is -2.07. The minimum absolute atomic E-state index is 0.321. The second kappa shape index (κ2) is 6.54. The van der Waals surface area contributed by atoms with E-state index >= 15 is 0 Å².